The first-order valence-corrected chi connectivity index (χ1v) is 12.5. The Balaban J connectivity index is 1.46. The average molecular weight is 475 g/mol. The first kappa shape index (κ1) is 22.7. The maximum atomic E-state index is 12.1. The Hall–Kier alpha value is -1.74. The number of fused-ring (bicyclic) bond motifs is 3. The van der Waals surface area contributed by atoms with Gasteiger partial charge in [-0.2, -0.15) is 0 Å². The molecule has 0 amide bonds. The first-order chi connectivity index (χ1) is 16.0. The van der Waals surface area contributed by atoms with Gasteiger partial charge in [-0.1, -0.05) is 13.8 Å². The Morgan fingerprint density at radius 1 is 1.15 bits per heavy atom. The highest BCUT2D eigenvalue weighted by molar-refractivity contribution is 5.67. The molecule has 11 atom stereocenters. The molecule has 5 aliphatic rings. The summed E-state index contributed by atoms with van der Waals surface area (Å²) in [5.74, 6) is -0.725. The Morgan fingerprint density at radius 2 is 1.91 bits per heavy atom. The summed E-state index contributed by atoms with van der Waals surface area (Å²) in [7, 11) is 0. The van der Waals surface area contributed by atoms with Crippen molar-refractivity contribution in [2.75, 3.05) is 0 Å². The van der Waals surface area contributed by atoms with E-state index in [2.05, 4.69) is 6.92 Å². The third kappa shape index (κ3) is 2.58. The largest absolute Gasteiger partial charge is 0.459 e. The van der Waals surface area contributed by atoms with Gasteiger partial charge in [0.15, 0.2) is 0 Å². The molecule has 34 heavy (non-hydrogen) atoms. The average Bonchev–Trinajstić information content (AvgIpc) is 3.46. The zero-order valence-electron chi connectivity index (χ0n) is 19.9. The number of aliphatic hydroxyl groups is 3. The molecule has 1 saturated heterocycles. The van der Waals surface area contributed by atoms with Gasteiger partial charge < -0.3 is 29.2 Å². The number of hydrogen-bond donors (Lipinski definition) is 3. The summed E-state index contributed by atoms with van der Waals surface area (Å²) in [6, 6.07) is 3.05. The Bertz CT molecular complexity index is 1060. The summed E-state index contributed by atoms with van der Waals surface area (Å²) in [5.41, 5.74) is -2.64. The van der Waals surface area contributed by atoms with Gasteiger partial charge in [0, 0.05) is 30.7 Å². The molecule has 1 spiro atoms. The number of aliphatic hydroxyl groups excluding tert-OH is 2. The highest BCUT2D eigenvalue weighted by Crippen LogP contribution is 2.78. The normalized spacial score (nSPS) is 53.2. The maximum Gasteiger partial charge on any atom is 0.335 e. The van der Waals surface area contributed by atoms with Crippen LogP contribution in [0.3, 0.4) is 0 Å². The summed E-state index contributed by atoms with van der Waals surface area (Å²) < 4.78 is 17.5. The van der Waals surface area contributed by atoms with E-state index in [9.17, 15) is 24.9 Å². The second-order valence-electron chi connectivity index (χ2n) is 11.9. The van der Waals surface area contributed by atoms with Gasteiger partial charge in [0.1, 0.15) is 17.8 Å². The molecule has 186 valence electrons. The maximum absolute atomic E-state index is 12.1. The number of carbonyl (C=O) groups is 1. The van der Waals surface area contributed by atoms with Crippen molar-refractivity contribution in [3.8, 4) is 0 Å². The number of carbonyl (C=O) groups excluding carboxylic acids is 1. The van der Waals surface area contributed by atoms with E-state index in [1.165, 1.54) is 19.3 Å². The molecule has 1 aliphatic heterocycles. The van der Waals surface area contributed by atoms with Crippen LogP contribution in [0.1, 0.15) is 70.8 Å². The summed E-state index contributed by atoms with van der Waals surface area (Å²) in [6.07, 6.45) is 2.61. The lowest BCUT2D eigenvalue weighted by Crippen LogP contribution is -2.67. The molecule has 2 heterocycles. The summed E-state index contributed by atoms with van der Waals surface area (Å²) >= 11 is 0. The Morgan fingerprint density at radius 3 is 2.59 bits per heavy atom. The van der Waals surface area contributed by atoms with E-state index in [1.54, 1.807) is 6.07 Å². The zero-order chi connectivity index (χ0) is 24.3. The topological polar surface area (TPSA) is 130 Å². The lowest BCUT2D eigenvalue weighted by Gasteiger charge is -2.64. The molecule has 5 fully saturated rings. The van der Waals surface area contributed by atoms with Crippen LogP contribution in [0.15, 0.2) is 27.6 Å². The molecule has 6 rings (SSSR count). The number of epoxide rings is 1. The van der Waals surface area contributed by atoms with Crippen LogP contribution in [-0.2, 0) is 14.3 Å². The summed E-state index contributed by atoms with van der Waals surface area (Å²) in [4.78, 5) is 23.7. The van der Waals surface area contributed by atoms with E-state index < -0.39 is 57.9 Å². The molecular weight excluding hydrogens is 440 g/mol. The van der Waals surface area contributed by atoms with E-state index in [1.807, 2.05) is 6.92 Å². The molecule has 8 heteroatoms. The minimum atomic E-state index is -0.976. The van der Waals surface area contributed by atoms with Crippen molar-refractivity contribution in [3.05, 3.63) is 34.4 Å². The molecule has 0 bridgehead atoms. The van der Waals surface area contributed by atoms with Crippen LogP contribution in [0.25, 0.3) is 0 Å². The van der Waals surface area contributed by atoms with Crippen LogP contribution in [0.5, 0.6) is 0 Å². The first-order valence-electron chi connectivity index (χ1n) is 12.5. The standard InChI is InChI=1S/C26H34O8/c1-13(27)33-21-20(14-4-5-19(30)32-12-14)24(3)18(29)10-17-16(26(24)22(21)34-26)7-9-25(31)11-15(28)6-8-23(17,25)2/h4-5,12,15-18,20-22,28-29,31H,6-11H2,1-3H3/t15-,16+,17-,18+,20-,21+,22+,23+,24+,25-,26+/m0/s1. The molecule has 1 aromatic heterocycles. The highest BCUT2D eigenvalue weighted by atomic mass is 16.7. The van der Waals surface area contributed by atoms with Crippen molar-refractivity contribution >= 4 is 5.97 Å². The van der Waals surface area contributed by atoms with Crippen molar-refractivity contribution in [2.24, 2.45) is 22.7 Å². The third-order valence-electron chi connectivity index (χ3n) is 10.7. The van der Waals surface area contributed by atoms with Gasteiger partial charge in [-0.05, 0) is 61.0 Å². The van der Waals surface area contributed by atoms with Gasteiger partial charge in [-0.15, -0.1) is 0 Å². The van der Waals surface area contributed by atoms with E-state index >= 15 is 0 Å². The number of ether oxygens (including phenoxy) is 2. The van der Waals surface area contributed by atoms with Crippen LogP contribution in [0.2, 0.25) is 0 Å². The van der Waals surface area contributed by atoms with Crippen LogP contribution in [0.4, 0.5) is 0 Å². The fourth-order valence-electron chi connectivity index (χ4n) is 9.05. The van der Waals surface area contributed by atoms with Crippen molar-refractivity contribution < 1.29 is 34.0 Å². The lowest BCUT2D eigenvalue weighted by atomic mass is 9.42. The quantitative estimate of drug-likeness (QED) is 0.438. The van der Waals surface area contributed by atoms with Gasteiger partial charge in [-0.25, -0.2) is 4.79 Å². The monoisotopic (exact) mass is 474 g/mol. The van der Waals surface area contributed by atoms with Crippen LogP contribution in [-0.4, -0.2) is 56.9 Å². The third-order valence-corrected chi connectivity index (χ3v) is 10.7. The van der Waals surface area contributed by atoms with Crippen molar-refractivity contribution in [3.63, 3.8) is 0 Å². The van der Waals surface area contributed by atoms with E-state index in [-0.39, 0.29) is 17.9 Å². The molecule has 1 aromatic rings. The molecular formula is C26H34O8. The minimum absolute atomic E-state index is 0.0114. The SMILES string of the molecule is CC(=O)O[C@H]1[C@H]2O[C@]23[C@@H]2CC[C@]4(O)C[C@@H](O)CC[C@]4(C)[C@H]2C[C@@H](O)[C@]3(C)[C@H]1c1ccc(=O)oc1. The van der Waals surface area contributed by atoms with Crippen molar-refractivity contribution in [1.29, 1.82) is 0 Å². The van der Waals surface area contributed by atoms with Crippen LogP contribution < -0.4 is 5.63 Å². The van der Waals surface area contributed by atoms with Crippen molar-refractivity contribution in [2.45, 2.75) is 101 Å². The fourth-order valence-corrected chi connectivity index (χ4v) is 9.05. The molecule has 4 aliphatic carbocycles. The van der Waals surface area contributed by atoms with E-state index in [0.717, 1.165) is 0 Å². The van der Waals surface area contributed by atoms with Crippen molar-refractivity contribution in [1.82, 2.24) is 0 Å². The molecule has 0 aromatic carbocycles. The van der Waals surface area contributed by atoms with Gasteiger partial charge in [-0.3, -0.25) is 4.79 Å². The van der Waals surface area contributed by atoms with E-state index in [0.29, 0.717) is 44.1 Å². The predicted octanol–water partition coefficient (Wildman–Crippen LogP) is 1.89. The number of rotatable bonds is 2. The fraction of sp³-hybridized carbons (Fsp3) is 0.769. The van der Waals surface area contributed by atoms with Gasteiger partial charge in [0.25, 0.3) is 0 Å². The summed E-state index contributed by atoms with van der Waals surface area (Å²) in [5, 5.41) is 33.8. The molecule has 3 N–H and O–H groups in total. The zero-order valence-corrected chi connectivity index (χ0v) is 19.9. The van der Waals surface area contributed by atoms with Crippen LogP contribution >= 0.6 is 0 Å². The Labute approximate surface area is 198 Å². The number of hydrogen-bond acceptors (Lipinski definition) is 8. The second-order valence-corrected chi connectivity index (χ2v) is 11.9. The number of esters is 1. The molecule has 0 unspecified atom stereocenters. The highest BCUT2D eigenvalue weighted by Gasteiger charge is 2.87. The Kier molecular flexibility index (Phi) is 4.63. The molecule has 0 radical (unpaired) electrons. The van der Waals surface area contributed by atoms with Crippen LogP contribution in [0, 0.1) is 22.7 Å². The smallest absolute Gasteiger partial charge is 0.335 e. The minimum Gasteiger partial charge on any atom is -0.459 e. The second kappa shape index (κ2) is 6.93. The predicted molar refractivity (Wildman–Crippen MR) is 119 cm³/mol. The van der Waals surface area contributed by atoms with Gasteiger partial charge in [0.2, 0.25) is 0 Å². The van der Waals surface area contributed by atoms with Gasteiger partial charge in [0.05, 0.1) is 24.1 Å². The van der Waals surface area contributed by atoms with Gasteiger partial charge >= 0.3 is 11.6 Å². The van der Waals surface area contributed by atoms with E-state index in [4.69, 9.17) is 13.9 Å². The molecule has 8 nitrogen and oxygen atoms in total. The summed E-state index contributed by atoms with van der Waals surface area (Å²) in [6.45, 7) is 5.50. The molecule has 4 saturated carbocycles. The lowest BCUT2D eigenvalue weighted by molar-refractivity contribution is -0.242.